The van der Waals surface area contributed by atoms with Crippen molar-refractivity contribution in [2.45, 2.75) is 39.0 Å². The molecule has 0 aliphatic carbocycles. The molecule has 0 fully saturated rings. The maximum atomic E-state index is 14.4. The minimum Gasteiger partial charge on any atom is -0.480 e. The molecule has 0 saturated carbocycles. The van der Waals surface area contributed by atoms with Gasteiger partial charge in [0.15, 0.2) is 11.6 Å². The second-order valence-corrected chi connectivity index (χ2v) is 8.95. The summed E-state index contributed by atoms with van der Waals surface area (Å²) in [7, 11) is 3.43. The number of nitrogens with zero attached hydrogens (tertiary/aromatic N) is 4. The van der Waals surface area contributed by atoms with Crippen molar-refractivity contribution in [1.82, 2.24) is 14.7 Å². The molecule has 1 amide bonds. The van der Waals surface area contributed by atoms with Crippen molar-refractivity contribution in [2.24, 2.45) is 5.92 Å². The molecule has 3 rings (SSSR count). The van der Waals surface area contributed by atoms with Crippen LogP contribution in [0.25, 0.3) is 0 Å². The van der Waals surface area contributed by atoms with Crippen molar-refractivity contribution >= 4 is 35.8 Å². The number of amides is 1. The summed E-state index contributed by atoms with van der Waals surface area (Å²) in [5.74, 6) is -1.26. The molecule has 2 aromatic rings. The number of ether oxygens (including phenoxy) is 1. The average Bonchev–Trinajstić information content (AvgIpc) is 3.37. The van der Waals surface area contributed by atoms with Crippen molar-refractivity contribution < 1.29 is 34.0 Å². The number of carbonyl (C=O) groups is 2. The van der Waals surface area contributed by atoms with Gasteiger partial charge < -0.3 is 35.6 Å². The van der Waals surface area contributed by atoms with Crippen LogP contribution in [-0.4, -0.2) is 81.3 Å². The Morgan fingerprint density at radius 1 is 1.30 bits per heavy atom. The Kier molecular flexibility index (Phi) is 12.3. The van der Waals surface area contributed by atoms with Gasteiger partial charge in [-0.3, -0.25) is 9.48 Å². The molecule has 13 heteroatoms. The summed E-state index contributed by atoms with van der Waals surface area (Å²) in [4.78, 5) is 26.5. The number of aromatic nitrogens is 2. The molecule has 5 N–H and O–H groups in total. The molecule has 0 radical (unpaired) electrons. The first kappa shape index (κ1) is 31.7. The molecule has 0 spiro atoms. The molecular weight excluding hydrogens is 509 g/mol. The van der Waals surface area contributed by atoms with Crippen molar-refractivity contribution in [3.63, 3.8) is 0 Å². The molecule has 1 aliphatic rings. The Bertz CT molecular complexity index is 1080. The maximum Gasteiger partial charge on any atom is 0.326 e. The fourth-order valence-corrected chi connectivity index (χ4v) is 3.46. The molecule has 2 heterocycles. The fraction of sp³-hybridized carbons (Fsp3) is 0.458. The average molecular weight is 544 g/mol. The fourth-order valence-electron chi connectivity index (χ4n) is 3.46. The summed E-state index contributed by atoms with van der Waals surface area (Å²) in [6.45, 7) is 3.80. The first-order chi connectivity index (χ1) is 16.9. The number of carboxylic acid groups (broad SMARTS) is 1. The summed E-state index contributed by atoms with van der Waals surface area (Å²) in [6, 6.07) is 5.44. The molecule has 1 aliphatic heterocycles. The van der Waals surface area contributed by atoms with E-state index in [4.69, 9.17) is 20.7 Å². The highest BCUT2D eigenvalue weighted by Crippen LogP contribution is 2.29. The van der Waals surface area contributed by atoms with Gasteiger partial charge in [0, 0.05) is 26.4 Å². The second kappa shape index (κ2) is 14.4. The summed E-state index contributed by atoms with van der Waals surface area (Å²) in [5, 5.41) is 30.7. The maximum absolute atomic E-state index is 14.4. The molecule has 1 aromatic carbocycles. The molecule has 0 bridgehead atoms. The zero-order valence-electron chi connectivity index (χ0n) is 21.2. The van der Waals surface area contributed by atoms with Crippen molar-refractivity contribution in [3.8, 4) is 5.75 Å². The van der Waals surface area contributed by atoms with E-state index >= 15 is 0 Å². The minimum atomic E-state index is -1.06. The molecule has 1 aromatic heterocycles. The van der Waals surface area contributed by atoms with Crippen LogP contribution < -0.4 is 15.4 Å². The Labute approximate surface area is 221 Å². The normalized spacial score (nSPS) is 14.3. The van der Waals surface area contributed by atoms with Crippen LogP contribution in [-0.2, 0) is 16.1 Å². The van der Waals surface area contributed by atoms with E-state index in [1.54, 1.807) is 43.4 Å². The third-order valence-corrected chi connectivity index (χ3v) is 5.19. The molecule has 0 saturated heterocycles. The number of hydrogen-bond donors (Lipinski definition) is 4. The molecule has 0 unspecified atom stereocenters. The summed E-state index contributed by atoms with van der Waals surface area (Å²) in [6.07, 6.45) is 2.44. The largest absolute Gasteiger partial charge is 0.480 e. The van der Waals surface area contributed by atoms with Crippen molar-refractivity contribution in [3.05, 3.63) is 48.1 Å². The van der Waals surface area contributed by atoms with Gasteiger partial charge in [-0.25, -0.2) is 9.18 Å². The van der Waals surface area contributed by atoms with Crippen LogP contribution in [0.15, 0.2) is 42.3 Å². The number of nitrogen functional groups attached to an aromatic ring is 1. The quantitative estimate of drug-likeness (QED) is 0.350. The Morgan fingerprint density at radius 3 is 2.49 bits per heavy atom. The third kappa shape index (κ3) is 9.23. The van der Waals surface area contributed by atoms with E-state index in [0.717, 1.165) is 0 Å². The first-order valence-corrected chi connectivity index (χ1v) is 11.4. The molecular formula is C24H35ClFN5O6. The third-order valence-electron chi connectivity index (χ3n) is 5.19. The zero-order chi connectivity index (χ0) is 27.0. The van der Waals surface area contributed by atoms with E-state index in [9.17, 15) is 19.1 Å². The van der Waals surface area contributed by atoms with E-state index < -0.39 is 29.8 Å². The van der Waals surface area contributed by atoms with Crippen LogP contribution in [0.2, 0.25) is 0 Å². The number of halogens is 2. The van der Waals surface area contributed by atoms with Crippen LogP contribution in [0.3, 0.4) is 0 Å². The van der Waals surface area contributed by atoms with Crippen molar-refractivity contribution in [2.75, 3.05) is 37.9 Å². The lowest BCUT2D eigenvalue weighted by atomic mass is 10.0. The smallest absolute Gasteiger partial charge is 0.326 e. The lowest BCUT2D eigenvalue weighted by Crippen LogP contribution is -2.43. The topological polar surface area (TPSA) is 154 Å². The highest BCUT2D eigenvalue weighted by Gasteiger charge is 2.34. The van der Waals surface area contributed by atoms with Gasteiger partial charge in [-0.1, -0.05) is 19.9 Å². The molecule has 37 heavy (non-hydrogen) atoms. The van der Waals surface area contributed by atoms with E-state index in [-0.39, 0.29) is 49.5 Å². The van der Waals surface area contributed by atoms with Gasteiger partial charge in [0.25, 0.3) is 5.91 Å². The number of aliphatic carboxylic acids is 1. The number of benzene rings is 1. The first-order valence-electron chi connectivity index (χ1n) is 11.4. The standard InChI is InChI=1S/C18H23FN2O4.C6H11N3O2.ClH/c1-11(2)8-14(18(23)24)21-10-12(9-16(21)22)25-15-7-5-6-13(17(15)19)20(3)4;7-6-1-2-9(8-6)3-5(11)4-10;/h5-7,9,11,14H,8,10H2,1-4H3,(H,23,24);1-2,5,10-11H,3-4H2,(H2,7,8);1H/t14-;5-;/m01./s1. The van der Waals surface area contributed by atoms with E-state index in [1.807, 2.05) is 13.8 Å². The SMILES string of the molecule is CC(C)C[C@@H](C(=O)O)N1CC(Oc2cccc(N(C)C)c2F)=CC1=O.Cl.Nc1ccn(C[C@@H](O)CO)n1. The van der Waals surface area contributed by atoms with Gasteiger partial charge in [-0.2, -0.15) is 5.10 Å². The van der Waals surface area contributed by atoms with E-state index in [0.29, 0.717) is 17.9 Å². The van der Waals surface area contributed by atoms with Gasteiger partial charge in [-0.05, 0) is 30.5 Å². The van der Waals surface area contributed by atoms with Crippen LogP contribution >= 0.6 is 12.4 Å². The Hall–Kier alpha value is -3.35. The van der Waals surface area contributed by atoms with Crippen LogP contribution in [0.1, 0.15) is 20.3 Å². The monoisotopic (exact) mass is 543 g/mol. The number of carbonyl (C=O) groups excluding carboxylic acids is 1. The lowest BCUT2D eigenvalue weighted by Gasteiger charge is -2.25. The number of rotatable bonds is 10. The van der Waals surface area contributed by atoms with Gasteiger partial charge >= 0.3 is 5.97 Å². The Morgan fingerprint density at radius 2 is 1.97 bits per heavy atom. The number of nitrogens with two attached hydrogens (primary N) is 1. The number of aliphatic hydroxyl groups is 2. The highest BCUT2D eigenvalue weighted by molar-refractivity contribution is 5.94. The van der Waals surface area contributed by atoms with Crippen LogP contribution in [0, 0.1) is 11.7 Å². The van der Waals surface area contributed by atoms with E-state index in [1.165, 1.54) is 21.7 Å². The van der Waals surface area contributed by atoms with E-state index in [2.05, 4.69) is 5.10 Å². The predicted molar refractivity (Wildman–Crippen MR) is 139 cm³/mol. The van der Waals surface area contributed by atoms with Gasteiger partial charge in [-0.15, -0.1) is 12.4 Å². The number of aliphatic hydroxyl groups excluding tert-OH is 2. The zero-order valence-corrected chi connectivity index (χ0v) is 22.1. The number of hydrogen-bond acceptors (Lipinski definition) is 8. The van der Waals surface area contributed by atoms with Crippen molar-refractivity contribution in [1.29, 1.82) is 0 Å². The highest BCUT2D eigenvalue weighted by atomic mass is 35.5. The summed E-state index contributed by atoms with van der Waals surface area (Å²) >= 11 is 0. The molecule has 2 atom stereocenters. The summed E-state index contributed by atoms with van der Waals surface area (Å²) in [5.41, 5.74) is 5.68. The number of anilines is 2. The molecule has 11 nitrogen and oxygen atoms in total. The van der Waals surface area contributed by atoms with Gasteiger partial charge in [0.2, 0.25) is 0 Å². The second-order valence-electron chi connectivity index (χ2n) is 8.95. The predicted octanol–water partition coefficient (Wildman–Crippen LogP) is 1.74. The van der Waals surface area contributed by atoms with Gasteiger partial charge in [0.05, 0.1) is 31.5 Å². The number of carboxylic acids is 1. The molecule has 206 valence electrons. The lowest BCUT2D eigenvalue weighted by molar-refractivity contribution is -0.148. The summed E-state index contributed by atoms with van der Waals surface area (Å²) < 4.78 is 21.5. The Balaban J connectivity index is 0.000000479. The van der Waals surface area contributed by atoms with Crippen LogP contribution in [0.5, 0.6) is 5.75 Å². The minimum absolute atomic E-state index is 0. The van der Waals surface area contributed by atoms with Gasteiger partial charge in [0.1, 0.15) is 17.6 Å². The van der Waals surface area contributed by atoms with Crippen LogP contribution in [0.4, 0.5) is 15.9 Å².